The minimum Gasteiger partial charge on any atom is -0.350 e. The van der Waals surface area contributed by atoms with Crippen molar-refractivity contribution in [3.05, 3.63) is 29.8 Å². The smallest absolute Gasteiger partial charge is 0.243 e. The SMILES string of the molecule is Cc1ccc(S(=O)(=O)N2CCC[C@H]2C(=O)N2CCCC(C3OCCO3)C2)cc1. The van der Waals surface area contributed by atoms with Crippen LogP contribution in [0.25, 0.3) is 0 Å². The van der Waals surface area contributed by atoms with E-state index >= 15 is 0 Å². The van der Waals surface area contributed by atoms with E-state index in [0.29, 0.717) is 45.7 Å². The van der Waals surface area contributed by atoms with Crippen LogP contribution in [-0.2, 0) is 24.3 Å². The predicted octanol–water partition coefficient (Wildman–Crippen LogP) is 1.76. The summed E-state index contributed by atoms with van der Waals surface area (Å²) in [5, 5.41) is 0. The number of hydrogen-bond acceptors (Lipinski definition) is 5. The van der Waals surface area contributed by atoms with Crippen molar-refractivity contribution in [2.24, 2.45) is 5.92 Å². The van der Waals surface area contributed by atoms with Crippen LogP contribution in [0.1, 0.15) is 31.2 Å². The molecule has 0 radical (unpaired) electrons. The van der Waals surface area contributed by atoms with E-state index in [2.05, 4.69) is 0 Å². The molecule has 1 aromatic rings. The molecule has 3 aliphatic rings. The number of piperidine rings is 1. The summed E-state index contributed by atoms with van der Waals surface area (Å²) < 4.78 is 38.9. The number of carbonyl (C=O) groups excluding carboxylic acids is 1. The Morgan fingerprint density at radius 2 is 1.71 bits per heavy atom. The molecule has 2 atom stereocenters. The summed E-state index contributed by atoms with van der Waals surface area (Å²) >= 11 is 0. The van der Waals surface area contributed by atoms with Crippen LogP contribution in [0, 0.1) is 12.8 Å². The number of ether oxygens (including phenoxy) is 2. The first-order chi connectivity index (χ1) is 13.5. The quantitative estimate of drug-likeness (QED) is 0.759. The van der Waals surface area contributed by atoms with Crippen LogP contribution in [-0.4, -0.2) is 68.7 Å². The summed E-state index contributed by atoms with van der Waals surface area (Å²) in [6.45, 7) is 4.73. The molecule has 0 saturated carbocycles. The Morgan fingerprint density at radius 1 is 1.04 bits per heavy atom. The lowest BCUT2D eigenvalue weighted by Crippen LogP contribution is -2.51. The van der Waals surface area contributed by atoms with E-state index in [1.807, 2.05) is 11.8 Å². The highest BCUT2D eigenvalue weighted by atomic mass is 32.2. The molecular weight excluding hydrogens is 380 g/mol. The molecule has 0 N–H and O–H groups in total. The van der Waals surface area contributed by atoms with Gasteiger partial charge in [0.05, 0.1) is 18.1 Å². The average Bonchev–Trinajstić information content (AvgIpc) is 3.40. The van der Waals surface area contributed by atoms with Gasteiger partial charge in [0.1, 0.15) is 6.04 Å². The maximum absolute atomic E-state index is 13.2. The second-order valence-electron chi connectivity index (χ2n) is 7.88. The predicted molar refractivity (Wildman–Crippen MR) is 103 cm³/mol. The van der Waals surface area contributed by atoms with Crippen molar-refractivity contribution in [2.75, 3.05) is 32.8 Å². The molecule has 7 nitrogen and oxygen atoms in total. The van der Waals surface area contributed by atoms with E-state index in [1.54, 1.807) is 24.3 Å². The van der Waals surface area contributed by atoms with Crippen LogP contribution in [0.2, 0.25) is 0 Å². The third-order valence-corrected chi connectivity index (χ3v) is 7.84. The second kappa shape index (κ2) is 8.10. The summed E-state index contributed by atoms with van der Waals surface area (Å²) in [7, 11) is -3.68. The summed E-state index contributed by atoms with van der Waals surface area (Å²) in [5.41, 5.74) is 1.00. The molecule has 3 aliphatic heterocycles. The Kier molecular flexibility index (Phi) is 5.73. The van der Waals surface area contributed by atoms with E-state index in [0.717, 1.165) is 18.4 Å². The zero-order valence-corrected chi connectivity index (χ0v) is 17.1. The van der Waals surface area contributed by atoms with Gasteiger partial charge in [-0.1, -0.05) is 17.7 Å². The van der Waals surface area contributed by atoms with Crippen LogP contribution in [0.4, 0.5) is 0 Å². The lowest BCUT2D eigenvalue weighted by molar-refractivity contribution is -0.142. The highest BCUT2D eigenvalue weighted by molar-refractivity contribution is 7.89. The standard InChI is InChI=1S/C20H28N2O5S/c1-15-6-8-17(9-7-15)28(24,25)22-11-3-5-18(22)19(23)21-10-2-4-16(14-21)20-26-12-13-27-20/h6-9,16,18,20H,2-5,10-14H2,1H3/t16?,18-/m0/s1. The van der Waals surface area contributed by atoms with Crippen molar-refractivity contribution < 1.29 is 22.7 Å². The van der Waals surface area contributed by atoms with Gasteiger partial charge in [-0.05, 0) is 44.7 Å². The first kappa shape index (κ1) is 19.8. The van der Waals surface area contributed by atoms with E-state index in [1.165, 1.54) is 4.31 Å². The highest BCUT2D eigenvalue weighted by Crippen LogP contribution is 2.30. The fourth-order valence-electron chi connectivity index (χ4n) is 4.41. The molecule has 1 aromatic carbocycles. The minimum atomic E-state index is -3.68. The molecule has 0 aliphatic carbocycles. The molecule has 0 bridgehead atoms. The fourth-order valence-corrected chi connectivity index (χ4v) is 6.06. The number of carbonyl (C=O) groups is 1. The molecule has 3 saturated heterocycles. The summed E-state index contributed by atoms with van der Waals surface area (Å²) in [5.74, 6) is 0.0691. The molecular formula is C20H28N2O5S. The van der Waals surface area contributed by atoms with Gasteiger partial charge < -0.3 is 14.4 Å². The van der Waals surface area contributed by atoms with Crippen LogP contribution in [0.15, 0.2) is 29.2 Å². The first-order valence-corrected chi connectivity index (χ1v) is 11.5. The molecule has 28 heavy (non-hydrogen) atoms. The molecule has 1 unspecified atom stereocenters. The molecule has 8 heteroatoms. The number of likely N-dealkylation sites (tertiary alicyclic amines) is 1. The van der Waals surface area contributed by atoms with Crippen molar-refractivity contribution in [1.29, 1.82) is 0 Å². The van der Waals surface area contributed by atoms with Crippen molar-refractivity contribution in [2.45, 2.75) is 49.8 Å². The van der Waals surface area contributed by atoms with Crippen molar-refractivity contribution in [3.63, 3.8) is 0 Å². The topological polar surface area (TPSA) is 76.2 Å². The van der Waals surface area contributed by atoms with Gasteiger partial charge in [0.2, 0.25) is 15.9 Å². The Hall–Kier alpha value is -1.48. The van der Waals surface area contributed by atoms with E-state index < -0.39 is 16.1 Å². The van der Waals surface area contributed by atoms with Gasteiger partial charge >= 0.3 is 0 Å². The molecule has 1 amide bonds. The minimum absolute atomic E-state index is 0.0871. The molecule has 0 spiro atoms. The van der Waals surface area contributed by atoms with Crippen LogP contribution in [0.3, 0.4) is 0 Å². The maximum atomic E-state index is 13.2. The van der Waals surface area contributed by atoms with Gasteiger partial charge in [-0.2, -0.15) is 4.31 Å². The van der Waals surface area contributed by atoms with Crippen molar-refractivity contribution in [1.82, 2.24) is 9.21 Å². The van der Waals surface area contributed by atoms with Gasteiger partial charge in [0.15, 0.2) is 6.29 Å². The zero-order chi connectivity index (χ0) is 19.7. The number of nitrogens with zero attached hydrogens (tertiary/aromatic N) is 2. The van der Waals surface area contributed by atoms with Gasteiger partial charge in [0, 0.05) is 25.6 Å². The normalized spacial score (nSPS) is 27.4. The molecule has 3 fully saturated rings. The van der Waals surface area contributed by atoms with Crippen LogP contribution >= 0.6 is 0 Å². The Bertz CT molecular complexity index is 804. The Labute approximate surface area is 166 Å². The number of benzene rings is 1. The number of sulfonamides is 1. The second-order valence-corrected chi connectivity index (χ2v) is 9.77. The van der Waals surface area contributed by atoms with Gasteiger partial charge in [-0.3, -0.25) is 4.79 Å². The number of hydrogen-bond donors (Lipinski definition) is 0. The third-order valence-electron chi connectivity index (χ3n) is 5.92. The largest absolute Gasteiger partial charge is 0.350 e. The lowest BCUT2D eigenvalue weighted by atomic mass is 9.96. The summed E-state index contributed by atoms with van der Waals surface area (Å²) in [6.07, 6.45) is 2.88. The molecule has 3 heterocycles. The number of amides is 1. The molecule has 0 aromatic heterocycles. The highest BCUT2D eigenvalue weighted by Gasteiger charge is 2.42. The molecule has 4 rings (SSSR count). The fraction of sp³-hybridized carbons (Fsp3) is 0.650. The molecule has 154 valence electrons. The van der Waals surface area contributed by atoms with Gasteiger partial charge in [-0.15, -0.1) is 0 Å². The monoisotopic (exact) mass is 408 g/mol. The maximum Gasteiger partial charge on any atom is 0.243 e. The lowest BCUT2D eigenvalue weighted by Gasteiger charge is -2.37. The van der Waals surface area contributed by atoms with Gasteiger partial charge in [-0.25, -0.2) is 8.42 Å². The summed E-state index contributed by atoms with van der Waals surface area (Å²) in [6, 6.07) is 6.20. The van der Waals surface area contributed by atoms with Crippen LogP contribution in [0.5, 0.6) is 0 Å². The summed E-state index contributed by atoms with van der Waals surface area (Å²) in [4.78, 5) is 15.3. The zero-order valence-electron chi connectivity index (χ0n) is 16.2. The number of rotatable bonds is 4. The first-order valence-electron chi connectivity index (χ1n) is 10.1. The number of aryl methyl sites for hydroxylation is 1. The van der Waals surface area contributed by atoms with Crippen molar-refractivity contribution in [3.8, 4) is 0 Å². The van der Waals surface area contributed by atoms with Crippen LogP contribution < -0.4 is 0 Å². The van der Waals surface area contributed by atoms with Crippen molar-refractivity contribution >= 4 is 15.9 Å². The Balaban J connectivity index is 1.49. The Morgan fingerprint density at radius 3 is 2.43 bits per heavy atom. The van der Waals surface area contributed by atoms with E-state index in [4.69, 9.17) is 9.47 Å². The van der Waals surface area contributed by atoms with E-state index in [9.17, 15) is 13.2 Å². The third kappa shape index (κ3) is 3.83. The van der Waals surface area contributed by atoms with Gasteiger partial charge in [0.25, 0.3) is 0 Å². The van der Waals surface area contributed by atoms with E-state index in [-0.39, 0.29) is 23.0 Å². The average molecular weight is 409 g/mol.